The number of hydrogen-bond acceptors (Lipinski definition) is 2. The molecular formula is C6H4BrF3N2O. The van der Waals surface area contributed by atoms with E-state index in [0.29, 0.717) is 0 Å². The minimum absolute atomic E-state index is 0.0103. The lowest BCUT2D eigenvalue weighted by atomic mass is 10.4. The molecule has 0 bridgehead atoms. The third kappa shape index (κ3) is 2.09. The standard InChI is InChI=1S/C6H4BrF3N2O/c1-2-3(7)4(13)12-5(11-2)6(8,9)10/h1H3,(H,11,12,13). The molecule has 0 aliphatic carbocycles. The molecule has 1 aromatic heterocycles. The Morgan fingerprint density at radius 2 is 2.00 bits per heavy atom. The number of nitrogens with zero attached hydrogens (tertiary/aromatic N) is 1. The summed E-state index contributed by atoms with van der Waals surface area (Å²) in [5, 5.41) is 0. The van der Waals surface area contributed by atoms with Gasteiger partial charge in [0.05, 0.1) is 5.69 Å². The van der Waals surface area contributed by atoms with Gasteiger partial charge in [-0.3, -0.25) is 4.79 Å². The van der Waals surface area contributed by atoms with Crippen LogP contribution in [0.2, 0.25) is 0 Å². The number of aromatic nitrogens is 2. The Morgan fingerprint density at radius 1 is 1.46 bits per heavy atom. The molecule has 7 heteroatoms. The highest BCUT2D eigenvalue weighted by Gasteiger charge is 2.34. The number of aryl methyl sites for hydroxylation is 1. The van der Waals surface area contributed by atoms with E-state index in [-0.39, 0.29) is 10.2 Å². The zero-order valence-corrected chi connectivity index (χ0v) is 7.95. The van der Waals surface area contributed by atoms with Gasteiger partial charge in [0.25, 0.3) is 5.56 Å². The van der Waals surface area contributed by atoms with Crippen LogP contribution in [-0.4, -0.2) is 9.97 Å². The van der Waals surface area contributed by atoms with E-state index in [4.69, 9.17) is 0 Å². The Balaban J connectivity index is 3.38. The molecule has 1 N–H and O–H groups in total. The molecule has 0 saturated heterocycles. The molecule has 1 heterocycles. The molecule has 0 radical (unpaired) electrons. The predicted octanol–water partition coefficient (Wildman–Crippen LogP) is 1.86. The zero-order chi connectivity index (χ0) is 10.2. The summed E-state index contributed by atoms with van der Waals surface area (Å²) in [7, 11) is 0. The lowest BCUT2D eigenvalue weighted by molar-refractivity contribution is -0.145. The minimum atomic E-state index is -4.62. The first-order chi connectivity index (χ1) is 5.82. The van der Waals surface area contributed by atoms with Gasteiger partial charge < -0.3 is 4.98 Å². The van der Waals surface area contributed by atoms with Crippen molar-refractivity contribution in [1.29, 1.82) is 0 Å². The quantitative estimate of drug-likeness (QED) is 0.770. The van der Waals surface area contributed by atoms with Crippen LogP contribution < -0.4 is 5.56 Å². The Kier molecular flexibility index (Phi) is 2.47. The summed E-state index contributed by atoms with van der Waals surface area (Å²) in [6.07, 6.45) is -4.62. The average Bonchev–Trinajstić information content (AvgIpc) is 1.97. The third-order valence-electron chi connectivity index (χ3n) is 1.30. The fourth-order valence-corrected chi connectivity index (χ4v) is 0.893. The molecule has 1 rings (SSSR count). The van der Waals surface area contributed by atoms with Crippen molar-refractivity contribution in [2.75, 3.05) is 0 Å². The number of halogens is 4. The van der Waals surface area contributed by atoms with Crippen LogP contribution in [0.25, 0.3) is 0 Å². The molecule has 0 aromatic carbocycles. The molecule has 0 spiro atoms. The topological polar surface area (TPSA) is 45.8 Å². The zero-order valence-electron chi connectivity index (χ0n) is 6.37. The summed E-state index contributed by atoms with van der Waals surface area (Å²) in [4.78, 5) is 15.7. The summed E-state index contributed by atoms with van der Waals surface area (Å²) in [6.45, 7) is 1.31. The monoisotopic (exact) mass is 256 g/mol. The van der Waals surface area contributed by atoms with E-state index in [2.05, 4.69) is 20.9 Å². The fraction of sp³-hybridized carbons (Fsp3) is 0.333. The van der Waals surface area contributed by atoms with Crippen molar-refractivity contribution in [3.63, 3.8) is 0 Å². The van der Waals surface area contributed by atoms with Gasteiger partial charge in [0.2, 0.25) is 5.82 Å². The number of aromatic amines is 1. The molecule has 0 unspecified atom stereocenters. The molecule has 3 nitrogen and oxygen atoms in total. The van der Waals surface area contributed by atoms with Crippen molar-refractivity contribution in [1.82, 2.24) is 9.97 Å². The second kappa shape index (κ2) is 3.13. The summed E-state index contributed by atoms with van der Waals surface area (Å²) >= 11 is 2.81. The number of hydrogen-bond donors (Lipinski definition) is 1. The number of rotatable bonds is 0. The largest absolute Gasteiger partial charge is 0.449 e. The van der Waals surface area contributed by atoms with E-state index < -0.39 is 17.6 Å². The van der Waals surface area contributed by atoms with Crippen molar-refractivity contribution >= 4 is 15.9 Å². The molecule has 13 heavy (non-hydrogen) atoms. The summed E-state index contributed by atoms with van der Waals surface area (Å²) in [5.74, 6) is -1.28. The molecule has 0 saturated carbocycles. The molecular weight excluding hydrogens is 253 g/mol. The van der Waals surface area contributed by atoms with Gasteiger partial charge in [-0.2, -0.15) is 13.2 Å². The van der Waals surface area contributed by atoms with Gasteiger partial charge >= 0.3 is 6.18 Å². The molecule has 0 aliphatic heterocycles. The van der Waals surface area contributed by atoms with Crippen LogP contribution in [0.4, 0.5) is 13.2 Å². The van der Waals surface area contributed by atoms with E-state index in [0.717, 1.165) is 0 Å². The van der Waals surface area contributed by atoms with Gasteiger partial charge in [-0.05, 0) is 22.9 Å². The van der Waals surface area contributed by atoms with Crippen LogP contribution >= 0.6 is 15.9 Å². The molecule has 0 atom stereocenters. The second-order valence-corrected chi connectivity index (χ2v) is 3.10. The summed E-state index contributed by atoms with van der Waals surface area (Å²) in [5.41, 5.74) is -0.823. The van der Waals surface area contributed by atoms with Gasteiger partial charge in [-0.15, -0.1) is 0 Å². The Morgan fingerprint density at radius 3 is 2.38 bits per heavy atom. The number of nitrogens with one attached hydrogen (secondary N) is 1. The average molecular weight is 257 g/mol. The van der Waals surface area contributed by atoms with Gasteiger partial charge in [0, 0.05) is 0 Å². The number of alkyl halides is 3. The van der Waals surface area contributed by atoms with Crippen molar-refractivity contribution in [3.05, 3.63) is 26.3 Å². The SMILES string of the molecule is Cc1nc(C(F)(F)F)[nH]c(=O)c1Br. The summed E-state index contributed by atoms with van der Waals surface area (Å²) in [6, 6.07) is 0. The maximum absolute atomic E-state index is 12.0. The molecule has 0 aliphatic rings. The van der Waals surface area contributed by atoms with Gasteiger partial charge in [0.1, 0.15) is 4.47 Å². The van der Waals surface area contributed by atoms with Gasteiger partial charge in [-0.25, -0.2) is 4.98 Å². The molecule has 72 valence electrons. The van der Waals surface area contributed by atoms with Crippen molar-refractivity contribution in [2.24, 2.45) is 0 Å². The lowest BCUT2D eigenvalue weighted by Crippen LogP contribution is -2.20. The van der Waals surface area contributed by atoms with Gasteiger partial charge in [-0.1, -0.05) is 0 Å². The highest BCUT2D eigenvalue weighted by molar-refractivity contribution is 9.10. The molecule has 0 amide bonds. The Hall–Kier alpha value is -0.850. The predicted molar refractivity (Wildman–Crippen MR) is 42.3 cm³/mol. The normalized spacial score (nSPS) is 11.8. The van der Waals surface area contributed by atoms with Crippen LogP contribution in [0.1, 0.15) is 11.5 Å². The fourth-order valence-electron chi connectivity index (χ4n) is 0.706. The van der Waals surface area contributed by atoms with Crippen LogP contribution in [0.15, 0.2) is 9.27 Å². The van der Waals surface area contributed by atoms with Crippen molar-refractivity contribution in [2.45, 2.75) is 13.1 Å². The van der Waals surface area contributed by atoms with Crippen molar-refractivity contribution in [3.8, 4) is 0 Å². The first-order valence-electron chi connectivity index (χ1n) is 3.16. The highest BCUT2D eigenvalue weighted by atomic mass is 79.9. The Bertz CT molecular complexity index is 384. The van der Waals surface area contributed by atoms with Crippen LogP contribution in [0.3, 0.4) is 0 Å². The third-order valence-corrected chi connectivity index (χ3v) is 2.23. The lowest BCUT2D eigenvalue weighted by Gasteiger charge is -2.05. The van der Waals surface area contributed by atoms with Gasteiger partial charge in [0.15, 0.2) is 0 Å². The molecule has 1 aromatic rings. The number of H-pyrrole nitrogens is 1. The van der Waals surface area contributed by atoms with Crippen molar-refractivity contribution < 1.29 is 13.2 Å². The Labute approximate surface area is 79.1 Å². The van der Waals surface area contributed by atoms with Crippen LogP contribution in [-0.2, 0) is 6.18 Å². The van der Waals surface area contributed by atoms with Crippen LogP contribution in [0, 0.1) is 6.92 Å². The highest BCUT2D eigenvalue weighted by Crippen LogP contribution is 2.25. The van der Waals surface area contributed by atoms with E-state index in [1.807, 2.05) is 0 Å². The van der Waals surface area contributed by atoms with Crippen LogP contribution in [0.5, 0.6) is 0 Å². The van der Waals surface area contributed by atoms with E-state index in [1.54, 1.807) is 4.98 Å². The minimum Gasteiger partial charge on any atom is -0.302 e. The van der Waals surface area contributed by atoms with E-state index in [9.17, 15) is 18.0 Å². The first-order valence-corrected chi connectivity index (χ1v) is 3.95. The summed E-state index contributed by atoms with van der Waals surface area (Å²) < 4.78 is 36.1. The maximum Gasteiger partial charge on any atom is 0.449 e. The van der Waals surface area contributed by atoms with E-state index >= 15 is 0 Å². The second-order valence-electron chi connectivity index (χ2n) is 2.31. The van der Waals surface area contributed by atoms with E-state index in [1.165, 1.54) is 6.92 Å². The maximum atomic E-state index is 12.0. The smallest absolute Gasteiger partial charge is 0.302 e. The molecule has 0 fully saturated rings. The first kappa shape index (κ1) is 10.2.